The normalized spacial score (nSPS) is 17.5. The third-order valence-corrected chi connectivity index (χ3v) is 5.49. The Hall–Kier alpha value is -2.28. The van der Waals surface area contributed by atoms with Crippen LogP contribution >= 0.6 is 11.3 Å². The van der Waals surface area contributed by atoms with Crippen molar-refractivity contribution >= 4 is 23.2 Å². The van der Waals surface area contributed by atoms with E-state index in [0.29, 0.717) is 13.1 Å². The van der Waals surface area contributed by atoms with Crippen LogP contribution in [0.4, 0.5) is 4.39 Å². The topological polar surface area (TPSA) is 70.5 Å². The number of rotatable bonds is 4. The molecule has 0 radical (unpaired) electrons. The summed E-state index contributed by atoms with van der Waals surface area (Å²) in [6, 6.07) is 3.41. The summed E-state index contributed by atoms with van der Waals surface area (Å²) in [6.07, 6.45) is 2.68. The Labute approximate surface area is 149 Å². The molecule has 5 nitrogen and oxygen atoms in total. The molecule has 1 N–H and O–H groups in total. The first-order valence-electron chi connectivity index (χ1n) is 8.26. The second-order valence-corrected chi connectivity index (χ2v) is 7.01. The summed E-state index contributed by atoms with van der Waals surface area (Å²) in [5.74, 6) is -2.24. The summed E-state index contributed by atoms with van der Waals surface area (Å²) in [4.78, 5) is 29.8. The smallest absolute Gasteiger partial charge is 0.335 e. The van der Waals surface area contributed by atoms with Crippen molar-refractivity contribution < 1.29 is 19.1 Å². The number of likely N-dealkylation sites (tertiary alicyclic amines) is 1. The zero-order valence-corrected chi connectivity index (χ0v) is 14.7. The van der Waals surface area contributed by atoms with E-state index in [-0.39, 0.29) is 17.0 Å². The van der Waals surface area contributed by atoms with Crippen molar-refractivity contribution in [2.75, 3.05) is 13.1 Å². The summed E-state index contributed by atoms with van der Waals surface area (Å²) in [6.45, 7) is 3.14. The number of amides is 1. The number of carboxylic acids is 1. The minimum Gasteiger partial charge on any atom is -0.478 e. The molecule has 1 atom stereocenters. The highest BCUT2D eigenvalue weighted by molar-refractivity contribution is 7.09. The minimum absolute atomic E-state index is 0.0842. The van der Waals surface area contributed by atoms with Gasteiger partial charge in [0.05, 0.1) is 21.8 Å². The predicted molar refractivity (Wildman–Crippen MR) is 92.7 cm³/mol. The van der Waals surface area contributed by atoms with Gasteiger partial charge in [-0.15, -0.1) is 11.3 Å². The van der Waals surface area contributed by atoms with Crippen LogP contribution in [0.25, 0.3) is 0 Å². The molecule has 1 unspecified atom stereocenters. The first-order chi connectivity index (χ1) is 12.0. The number of piperidine rings is 1. The Morgan fingerprint density at radius 3 is 2.88 bits per heavy atom. The Morgan fingerprint density at radius 1 is 1.44 bits per heavy atom. The van der Waals surface area contributed by atoms with Crippen molar-refractivity contribution in [3.05, 3.63) is 51.2 Å². The van der Waals surface area contributed by atoms with Gasteiger partial charge in [-0.1, -0.05) is 6.92 Å². The molecule has 1 fully saturated rings. The maximum Gasteiger partial charge on any atom is 0.335 e. The number of carboxylic acid groups (broad SMARTS) is 1. The second-order valence-electron chi connectivity index (χ2n) is 6.12. The molecule has 25 heavy (non-hydrogen) atoms. The van der Waals surface area contributed by atoms with Crippen molar-refractivity contribution in [3.63, 3.8) is 0 Å². The Balaban J connectivity index is 1.76. The third-order valence-electron chi connectivity index (χ3n) is 4.44. The second kappa shape index (κ2) is 7.31. The van der Waals surface area contributed by atoms with Crippen LogP contribution in [0.1, 0.15) is 57.1 Å². The van der Waals surface area contributed by atoms with Gasteiger partial charge in [0.15, 0.2) is 0 Å². The molecule has 1 saturated heterocycles. The Morgan fingerprint density at radius 2 is 2.24 bits per heavy atom. The fraction of sp³-hybridized carbons (Fsp3) is 0.389. The van der Waals surface area contributed by atoms with Crippen LogP contribution in [0, 0.1) is 5.82 Å². The molecule has 7 heteroatoms. The van der Waals surface area contributed by atoms with Gasteiger partial charge in [-0.3, -0.25) is 4.79 Å². The molecule has 1 amide bonds. The maximum absolute atomic E-state index is 14.2. The van der Waals surface area contributed by atoms with Crippen molar-refractivity contribution in [2.45, 2.75) is 32.1 Å². The summed E-state index contributed by atoms with van der Waals surface area (Å²) in [7, 11) is 0. The summed E-state index contributed by atoms with van der Waals surface area (Å²) < 4.78 is 14.2. The van der Waals surface area contributed by atoms with E-state index in [9.17, 15) is 14.0 Å². The molecule has 0 aliphatic carbocycles. The molecule has 0 bridgehead atoms. The fourth-order valence-corrected chi connectivity index (χ4v) is 4.06. The largest absolute Gasteiger partial charge is 0.478 e. The van der Waals surface area contributed by atoms with E-state index in [1.807, 2.05) is 5.38 Å². The number of nitrogens with zero attached hydrogens (tertiary/aromatic N) is 2. The first kappa shape index (κ1) is 17.5. The highest BCUT2D eigenvalue weighted by Crippen LogP contribution is 2.30. The van der Waals surface area contributed by atoms with E-state index in [4.69, 9.17) is 5.11 Å². The zero-order valence-electron chi connectivity index (χ0n) is 13.9. The number of hydrogen-bond donors (Lipinski definition) is 1. The van der Waals surface area contributed by atoms with Crippen LogP contribution < -0.4 is 0 Å². The molecule has 2 aromatic rings. The highest BCUT2D eigenvalue weighted by Gasteiger charge is 2.28. The molecule has 3 rings (SSSR count). The lowest BCUT2D eigenvalue weighted by molar-refractivity contribution is 0.0684. The van der Waals surface area contributed by atoms with Crippen LogP contribution in [-0.2, 0) is 6.42 Å². The van der Waals surface area contributed by atoms with E-state index in [0.717, 1.165) is 36.0 Å². The minimum atomic E-state index is -1.22. The molecule has 1 aromatic carbocycles. The van der Waals surface area contributed by atoms with E-state index < -0.39 is 17.7 Å². The van der Waals surface area contributed by atoms with Crippen LogP contribution in [0.5, 0.6) is 0 Å². The number of benzene rings is 1. The summed E-state index contributed by atoms with van der Waals surface area (Å²) >= 11 is 1.61. The summed E-state index contributed by atoms with van der Waals surface area (Å²) in [5, 5.41) is 12.0. The van der Waals surface area contributed by atoms with Gasteiger partial charge in [-0.2, -0.15) is 0 Å². The number of aromatic nitrogens is 1. The number of halogens is 1. The Kier molecular flexibility index (Phi) is 5.13. The predicted octanol–water partition coefficient (Wildman–Crippen LogP) is 3.56. The van der Waals surface area contributed by atoms with Gasteiger partial charge in [-0.05, 0) is 37.5 Å². The van der Waals surface area contributed by atoms with Gasteiger partial charge in [0.25, 0.3) is 5.91 Å². The van der Waals surface area contributed by atoms with E-state index in [1.54, 1.807) is 16.2 Å². The van der Waals surface area contributed by atoms with Crippen molar-refractivity contribution in [3.8, 4) is 0 Å². The van der Waals surface area contributed by atoms with Crippen molar-refractivity contribution in [1.29, 1.82) is 0 Å². The quantitative estimate of drug-likeness (QED) is 0.903. The standard InChI is InChI=1S/C18H19FN2O3S/c1-2-13-10-25-16(20-13)12-4-3-7-21(9-12)17(22)14-6-5-11(18(23)24)8-15(14)19/h5-6,8,10,12H,2-4,7,9H2,1H3,(H,23,24). The lowest BCUT2D eigenvalue weighted by atomic mass is 9.97. The fourth-order valence-electron chi connectivity index (χ4n) is 3.03. The van der Waals surface area contributed by atoms with Gasteiger partial charge in [0, 0.05) is 24.4 Å². The molecule has 0 spiro atoms. The number of thiazole rings is 1. The molecule has 1 aliphatic heterocycles. The van der Waals surface area contributed by atoms with Crippen LogP contribution in [0.2, 0.25) is 0 Å². The van der Waals surface area contributed by atoms with E-state index >= 15 is 0 Å². The number of carbonyl (C=O) groups is 2. The highest BCUT2D eigenvalue weighted by atomic mass is 32.1. The monoisotopic (exact) mass is 362 g/mol. The molecule has 1 aliphatic rings. The van der Waals surface area contributed by atoms with E-state index in [1.165, 1.54) is 12.1 Å². The lowest BCUT2D eigenvalue weighted by Crippen LogP contribution is -2.39. The maximum atomic E-state index is 14.2. The molecule has 132 valence electrons. The van der Waals surface area contributed by atoms with E-state index in [2.05, 4.69) is 11.9 Å². The van der Waals surface area contributed by atoms with Gasteiger partial charge in [-0.25, -0.2) is 14.2 Å². The zero-order chi connectivity index (χ0) is 18.0. The van der Waals surface area contributed by atoms with Crippen LogP contribution in [-0.4, -0.2) is 40.0 Å². The SMILES string of the molecule is CCc1csc(C2CCCN(C(=O)c3ccc(C(=O)O)cc3F)C2)n1. The number of carbonyl (C=O) groups excluding carboxylic acids is 1. The lowest BCUT2D eigenvalue weighted by Gasteiger charge is -2.32. The molecule has 1 aromatic heterocycles. The number of hydrogen-bond acceptors (Lipinski definition) is 4. The van der Waals surface area contributed by atoms with Gasteiger partial charge >= 0.3 is 5.97 Å². The van der Waals surface area contributed by atoms with Gasteiger partial charge < -0.3 is 10.0 Å². The first-order valence-corrected chi connectivity index (χ1v) is 9.14. The van der Waals surface area contributed by atoms with Crippen molar-refractivity contribution in [2.24, 2.45) is 0 Å². The van der Waals surface area contributed by atoms with Crippen LogP contribution in [0.3, 0.4) is 0 Å². The van der Waals surface area contributed by atoms with Crippen molar-refractivity contribution in [1.82, 2.24) is 9.88 Å². The van der Waals surface area contributed by atoms with Crippen LogP contribution in [0.15, 0.2) is 23.6 Å². The van der Waals surface area contributed by atoms with Gasteiger partial charge in [0.1, 0.15) is 5.82 Å². The molecule has 0 saturated carbocycles. The average Bonchev–Trinajstić information content (AvgIpc) is 3.10. The number of aromatic carboxylic acids is 1. The van der Waals surface area contributed by atoms with Gasteiger partial charge in [0.2, 0.25) is 0 Å². The Bertz CT molecular complexity index is 805. The molecule has 2 heterocycles. The molecular weight excluding hydrogens is 343 g/mol. The molecular formula is C18H19FN2O3S. The number of aryl methyl sites for hydroxylation is 1. The summed E-state index contributed by atoms with van der Waals surface area (Å²) in [5.41, 5.74) is 0.804. The third kappa shape index (κ3) is 3.71. The average molecular weight is 362 g/mol.